The van der Waals surface area contributed by atoms with Crippen molar-refractivity contribution >= 4 is 5.78 Å². The molecule has 0 radical (unpaired) electrons. The van der Waals surface area contributed by atoms with Crippen molar-refractivity contribution in [2.75, 3.05) is 0 Å². The van der Waals surface area contributed by atoms with Gasteiger partial charge in [-0.25, -0.2) is 0 Å². The Kier molecular flexibility index (Phi) is 5.79. The minimum Gasteiger partial charge on any atom is -0.300 e. The summed E-state index contributed by atoms with van der Waals surface area (Å²) < 4.78 is 0. The normalized spacial score (nSPS) is 45.3. The van der Waals surface area contributed by atoms with E-state index in [0.717, 1.165) is 54.3 Å². The van der Waals surface area contributed by atoms with Gasteiger partial charge in [0.1, 0.15) is 5.78 Å². The molecule has 0 aliphatic heterocycles. The third-order valence-corrected chi connectivity index (χ3v) is 10.0. The van der Waals surface area contributed by atoms with Crippen molar-refractivity contribution in [2.24, 2.45) is 52.8 Å². The van der Waals surface area contributed by atoms with Crippen molar-refractivity contribution in [1.29, 1.82) is 0 Å². The van der Waals surface area contributed by atoms with Gasteiger partial charge in [-0.3, -0.25) is 4.79 Å². The third-order valence-electron chi connectivity index (χ3n) is 10.0. The highest BCUT2D eigenvalue weighted by molar-refractivity contribution is 5.79. The van der Waals surface area contributed by atoms with E-state index in [1.165, 1.54) is 64.2 Å². The molecular weight excluding hydrogens is 328 g/mol. The molecule has 154 valence electrons. The Morgan fingerprint density at radius 2 is 1.67 bits per heavy atom. The van der Waals surface area contributed by atoms with Gasteiger partial charge in [-0.2, -0.15) is 0 Å². The molecule has 4 aliphatic rings. The van der Waals surface area contributed by atoms with Crippen LogP contribution in [0.5, 0.6) is 0 Å². The predicted octanol–water partition coefficient (Wildman–Crippen LogP) is 7.29. The van der Waals surface area contributed by atoms with E-state index in [9.17, 15) is 4.79 Å². The number of carbonyl (C=O) groups excluding carboxylic acids is 1. The molecule has 2 unspecified atom stereocenters. The monoisotopic (exact) mass is 372 g/mol. The van der Waals surface area contributed by atoms with E-state index in [1.807, 2.05) is 0 Å². The summed E-state index contributed by atoms with van der Waals surface area (Å²) in [6, 6.07) is 0. The van der Waals surface area contributed by atoms with Gasteiger partial charge in [0.2, 0.25) is 0 Å². The molecule has 4 aliphatic carbocycles. The molecule has 0 amide bonds. The molecule has 0 aromatic heterocycles. The maximum absolute atomic E-state index is 12.0. The zero-order valence-electron chi connectivity index (χ0n) is 18.5. The van der Waals surface area contributed by atoms with Gasteiger partial charge in [-0.15, -0.1) is 0 Å². The predicted molar refractivity (Wildman–Crippen MR) is 113 cm³/mol. The molecule has 0 N–H and O–H groups in total. The minimum atomic E-state index is 0.489. The molecule has 27 heavy (non-hydrogen) atoms. The van der Waals surface area contributed by atoms with Gasteiger partial charge in [0.05, 0.1) is 0 Å². The second kappa shape index (κ2) is 7.83. The van der Waals surface area contributed by atoms with Crippen molar-refractivity contribution in [2.45, 2.75) is 105 Å². The quantitative estimate of drug-likeness (QED) is 0.495. The zero-order chi connectivity index (χ0) is 19.2. The molecule has 0 aromatic carbocycles. The Bertz CT molecular complexity index is 536. The van der Waals surface area contributed by atoms with E-state index in [1.54, 1.807) is 0 Å². The van der Waals surface area contributed by atoms with Crippen LogP contribution in [0.25, 0.3) is 0 Å². The van der Waals surface area contributed by atoms with Crippen LogP contribution >= 0.6 is 0 Å². The van der Waals surface area contributed by atoms with Gasteiger partial charge >= 0.3 is 0 Å². The number of hydrogen-bond donors (Lipinski definition) is 0. The van der Waals surface area contributed by atoms with Crippen molar-refractivity contribution < 1.29 is 4.79 Å². The maximum atomic E-state index is 12.0. The fourth-order valence-electron chi connectivity index (χ4n) is 8.51. The lowest BCUT2D eigenvalue weighted by atomic mass is 9.47. The minimum absolute atomic E-state index is 0.489. The van der Waals surface area contributed by atoms with Crippen LogP contribution < -0.4 is 0 Å². The molecule has 0 saturated heterocycles. The summed E-state index contributed by atoms with van der Waals surface area (Å²) in [5.74, 6) is 8.07. The first-order chi connectivity index (χ1) is 12.9. The lowest BCUT2D eigenvalue weighted by Gasteiger charge is -2.58. The lowest BCUT2D eigenvalue weighted by Crippen LogP contribution is -2.51. The standard InChI is InChI=1S/C26H44O/c1-17(2)6-5-7-18(3)21-10-11-23-22(21)12-13-25-24(23)9-8-19-16-20(27)14-15-26(19,25)4/h17-19,21-25H,5-16H2,1-4H3/t18-,19+,21-,22?,23-,24+,25?,26+/m1/s1. The Hall–Kier alpha value is -0.330. The van der Waals surface area contributed by atoms with Gasteiger partial charge in [-0.1, -0.05) is 47.0 Å². The maximum Gasteiger partial charge on any atom is 0.133 e. The highest BCUT2D eigenvalue weighted by Gasteiger charge is 2.56. The Morgan fingerprint density at radius 3 is 2.44 bits per heavy atom. The molecule has 0 bridgehead atoms. The van der Waals surface area contributed by atoms with Gasteiger partial charge in [-0.05, 0) is 97.7 Å². The molecule has 1 heteroatoms. The van der Waals surface area contributed by atoms with Crippen molar-refractivity contribution in [3.8, 4) is 0 Å². The van der Waals surface area contributed by atoms with E-state index < -0.39 is 0 Å². The first-order valence-electron chi connectivity index (χ1n) is 12.4. The van der Waals surface area contributed by atoms with Crippen molar-refractivity contribution in [3.05, 3.63) is 0 Å². The van der Waals surface area contributed by atoms with E-state index >= 15 is 0 Å². The smallest absolute Gasteiger partial charge is 0.133 e. The summed E-state index contributed by atoms with van der Waals surface area (Å²) in [6.45, 7) is 9.90. The zero-order valence-corrected chi connectivity index (χ0v) is 18.5. The second-order valence-corrected chi connectivity index (χ2v) is 11.7. The SMILES string of the molecule is CC(C)CCC[C@@H](C)[C@H]1CC[C@@H]2C1CCC1[C@H]2CC[C@H]2CC(=O)CC[C@]12C. The third kappa shape index (κ3) is 3.66. The molecule has 8 atom stereocenters. The average molecular weight is 373 g/mol. The van der Waals surface area contributed by atoms with Gasteiger partial charge in [0.25, 0.3) is 0 Å². The van der Waals surface area contributed by atoms with Crippen LogP contribution in [-0.4, -0.2) is 5.78 Å². The molecular formula is C26H44O. The van der Waals surface area contributed by atoms with E-state index in [-0.39, 0.29) is 0 Å². The summed E-state index contributed by atoms with van der Waals surface area (Å²) in [7, 11) is 0. The Balaban J connectivity index is 1.41. The Labute approximate surface area is 168 Å². The average Bonchev–Trinajstić information content (AvgIpc) is 3.06. The number of Topliss-reactive ketones (excluding diaryl/α,β-unsaturated/α-hetero) is 1. The van der Waals surface area contributed by atoms with Crippen molar-refractivity contribution in [3.63, 3.8) is 0 Å². The van der Waals surface area contributed by atoms with Gasteiger partial charge in [0, 0.05) is 12.8 Å². The number of hydrogen-bond acceptors (Lipinski definition) is 1. The van der Waals surface area contributed by atoms with Crippen LogP contribution in [0, 0.1) is 52.8 Å². The lowest BCUT2D eigenvalue weighted by molar-refractivity contribution is -0.135. The van der Waals surface area contributed by atoms with E-state index in [2.05, 4.69) is 27.7 Å². The first-order valence-corrected chi connectivity index (χ1v) is 12.4. The highest BCUT2D eigenvalue weighted by atomic mass is 16.1. The van der Waals surface area contributed by atoms with E-state index in [4.69, 9.17) is 0 Å². The summed E-state index contributed by atoms with van der Waals surface area (Å²) in [6.07, 6.45) is 16.1. The van der Waals surface area contributed by atoms with E-state index in [0.29, 0.717) is 17.1 Å². The molecule has 4 fully saturated rings. The number of rotatable bonds is 5. The van der Waals surface area contributed by atoms with Gasteiger partial charge < -0.3 is 0 Å². The highest BCUT2D eigenvalue weighted by Crippen LogP contribution is 2.64. The summed E-state index contributed by atoms with van der Waals surface area (Å²) in [4.78, 5) is 12.0. The van der Waals surface area contributed by atoms with Crippen LogP contribution in [-0.2, 0) is 4.79 Å². The Morgan fingerprint density at radius 1 is 0.926 bits per heavy atom. The molecule has 0 heterocycles. The molecule has 0 aromatic rings. The van der Waals surface area contributed by atoms with Crippen molar-refractivity contribution in [1.82, 2.24) is 0 Å². The molecule has 0 spiro atoms. The second-order valence-electron chi connectivity index (χ2n) is 11.7. The number of fused-ring (bicyclic) bond motifs is 5. The van der Waals surface area contributed by atoms with Crippen LogP contribution in [0.4, 0.5) is 0 Å². The molecule has 4 rings (SSSR count). The summed E-state index contributed by atoms with van der Waals surface area (Å²) >= 11 is 0. The fourth-order valence-corrected chi connectivity index (χ4v) is 8.51. The van der Waals surface area contributed by atoms with Crippen LogP contribution in [0.3, 0.4) is 0 Å². The van der Waals surface area contributed by atoms with Gasteiger partial charge in [0.15, 0.2) is 0 Å². The molecule has 4 saturated carbocycles. The van der Waals surface area contributed by atoms with Crippen LogP contribution in [0.2, 0.25) is 0 Å². The number of ketones is 1. The summed E-state index contributed by atoms with van der Waals surface area (Å²) in [5, 5.41) is 0. The molecule has 1 nitrogen and oxygen atoms in total. The fraction of sp³-hybridized carbons (Fsp3) is 0.962. The summed E-state index contributed by atoms with van der Waals surface area (Å²) in [5.41, 5.74) is 0.489. The topological polar surface area (TPSA) is 17.1 Å². The first kappa shape index (κ1) is 20.0. The number of carbonyl (C=O) groups is 1. The van der Waals surface area contributed by atoms with Crippen LogP contribution in [0.15, 0.2) is 0 Å². The largest absolute Gasteiger partial charge is 0.300 e. The van der Waals surface area contributed by atoms with Crippen LogP contribution in [0.1, 0.15) is 105 Å².